The standard InChI is InChI=1S/C11H15N3O4/c1-7(10(15)16)5-6-12-9-4-3-8(13-14-9)11(17)18-2/h3-4,7H,5-6H2,1-2H3,(H,12,14)(H,15,16). The van der Waals surface area contributed by atoms with E-state index in [4.69, 9.17) is 5.11 Å². The van der Waals surface area contributed by atoms with Crippen molar-refractivity contribution in [1.82, 2.24) is 10.2 Å². The van der Waals surface area contributed by atoms with Crippen LogP contribution in [0.5, 0.6) is 0 Å². The first-order chi connectivity index (χ1) is 8.54. The molecule has 0 fully saturated rings. The Balaban J connectivity index is 2.44. The summed E-state index contributed by atoms with van der Waals surface area (Å²) < 4.78 is 4.49. The van der Waals surface area contributed by atoms with Gasteiger partial charge in [0, 0.05) is 6.54 Å². The number of anilines is 1. The zero-order valence-electron chi connectivity index (χ0n) is 10.2. The monoisotopic (exact) mass is 253 g/mol. The van der Waals surface area contributed by atoms with Gasteiger partial charge in [-0.25, -0.2) is 4.79 Å². The van der Waals surface area contributed by atoms with Gasteiger partial charge in [0.2, 0.25) is 0 Å². The maximum atomic E-state index is 11.1. The minimum absolute atomic E-state index is 0.127. The predicted molar refractivity (Wildman–Crippen MR) is 63.3 cm³/mol. The van der Waals surface area contributed by atoms with E-state index < -0.39 is 17.9 Å². The normalized spacial score (nSPS) is 11.7. The fourth-order valence-corrected chi connectivity index (χ4v) is 1.18. The fourth-order valence-electron chi connectivity index (χ4n) is 1.18. The molecule has 1 heterocycles. The van der Waals surface area contributed by atoms with Crippen LogP contribution in [-0.4, -0.2) is 40.9 Å². The molecule has 2 N–H and O–H groups in total. The van der Waals surface area contributed by atoms with E-state index in [-0.39, 0.29) is 5.69 Å². The van der Waals surface area contributed by atoms with Crippen LogP contribution >= 0.6 is 0 Å². The number of rotatable bonds is 6. The molecule has 7 heteroatoms. The van der Waals surface area contributed by atoms with Gasteiger partial charge in [-0.1, -0.05) is 6.92 Å². The maximum Gasteiger partial charge on any atom is 0.358 e. The molecular weight excluding hydrogens is 238 g/mol. The van der Waals surface area contributed by atoms with Crippen molar-refractivity contribution in [3.8, 4) is 0 Å². The van der Waals surface area contributed by atoms with Crippen molar-refractivity contribution in [3.05, 3.63) is 17.8 Å². The van der Waals surface area contributed by atoms with E-state index >= 15 is 0 Å². The Morgan fingerprint density at radius 2 is 2.17 bits per heavy atom. The summed E-state index contributed by atoms with van der Waals surface area (Å²) in [4.78, 5) is 21.7. The van der Waals surface area contributed by atoms with Crippen molar-refractivity contribution in [2.24, 2.45) is 5.92 Å². The van der Waals surface area contributed by atoms with E-state index in [1.807, 2.05) is 0 Å². The smallest absolute Gasteiger partial charge is 0.358 e. The van der Waals surface area contributed by atoms with Gasteiger partial charge in [0.1, 0.15) is 5.82 Å². The summed E-state index contributed by atoms with van der Waals surface area (Å²) in [5.41, 5.74) is 0.127. The number of aromatic nitrogens is 2. The molecule has 1 atom stereocenters. The number of carboxylic acid groups (broad SMARTS) is 1. The van der Waals surface area contributed by atoms with Gasteiger partial charge in [-0.2, -0.15) is 0 Å². The molecule has 0 aliphatic rings. The number of ether oxygens (including phenoxy) is 1. The minimum atomic E-state index is -0.830. The van der Waals surface area contributed by atoms with Crippen molar-refractivity contribution in [1.29, 1.82) is 0 Å². The maximum absolute atomic E-state index is 11.1. The molecule has 1 aromatic rings. The van der Waals surface area contributed by atoms with E-state index in [9.17, 15) is 9.59 Å². The lowest BCUT2D eigenvalue weighted by molar-refractivity contribution is -0.141. The second-order valence-electron chi connectivity index (χ2n) is 3.75. The summed E-state index contributed by atoms with van der Waals surface area (Å²) in [6, 6.07) is 3.08. The lowest BCUT2D eigenvalue weighted by atomic mass is 10.1. The third-order valence-corrected chi connectivity index (χ3v) is 2.36. The van der Waals surface area contributed by atoms with Gasteiger partial charge in [-0.05, 0) is 18.6 Å². The SMILES string of the molecule is COC(=O)c1ccc(NCCC(C)C(=O)O)nn1. The molecule has 0 saturated carbocycles. The van der Waals surface area contributed by atoms with Gasteiger partial charge in [-0.3, -0.25) is 4.79 Å². The van der Waals surface area contributed by atoms with Crippen LogP contribution < -0.4 is 5.32 Å². The minimum Gasteiger partial charge on any atom is -0.481 e. The number of esters is 1. The van der Waals surface area contributed by atoms with Crippen LogP contribution in [0.1, 0.15) is 23.8 Å². The van der Waals surface area contributed by atoms with Crippen molar-refractivity contribution in [3.63, 3.8) is 0 Å². The topological polar surface area (TPSA) is 101 Å². The van der Waals surface area contributed by atoms with E-state index in [0.29, 0.717) is 18.8 Å². The van der Waals surface area contributed by atoms with Crippen molar-refractivity contribution < 1.29 is 19.4 Å². The number of hydrogen-bond donors (Lipinski definition) is 2. The number of nitrogens with one attached hydrogen (secondary N) is 1. The molecule has 0 amide bonds. The number of methoxy groups -OCH3 is 1. The van der Waals surface area contributed by atoms with E-state index in [0.717, 1.165) is 0 Å². The second kappa shape index (κ2) is 6.53. The fraction of sp³-hybridized carbons (Fsp3) is 0.455. The molecule has 0 bridgehead atoms. The molecular formula is C11H15N3O4. The highest BCUT2D eigenvalue weighted by Crippen LogP contribution is 2.05. The predicted octanol–water partition coefficient (Wildman–Crippen LogP) is 0.786. The van der Waals surface area contributed by atoms with Gasteiger partial charge in [-0.15, -0.1) is 10.2 Å². The van der Waals surface area contributed by atoms with Crippen LogP contribution in [0.15, 0.2) is 12.1 Å². The molecule has 18 heavy (non-hydrogen) atoms. The summed E-state index contributed by atoms with van der Waals surface area (Å²) in [5, 5.41) is 19.1. The summed E-state index contributed by atoms with van der Waals surface area (Å²) in [6.45, 7) is 2.11. The van der Waals surface area contributed by atoms with E-state index in [1.165, 1.54) is 13.2 Å². The molecule has 98 valence electrons. The Morgan fingerprint density at radius 3 is 2.67 bits per heavy atom. The first-order valence-electron chi connectivity index (χ1n) is 5.43. The quantitative estimate of drug-likeness (QED) is 0.722. The van der Waals surface area contributed by atoms with Crippen LogP contribution in [0.4, 0.5) is 5.82 Å². The molecule has 0 saturated heterocycles. The van der Waals surface area contributed by atoms with Crippen LogP contribution in [-0.2, 0) is 9.53 Å². The highest BCUT2D eigenvalue weighted by Gasteiger charge is 2.10. The molecule has 0 aliphatic heterocycles. The molecule has 7 nitrogen and oxygen atoms in total. The average molecular weight is 253 g/mol. The Hall–Kier alpha value is -2.18. The van der Waals surface area contributed by atoms with E-state index in [2.05, 4.69) is 20.3 Å². The third kappa shape index (κ3) is 4.00. The second-order valence-corrected chi connectivity index (χ2v) is 3.75. The lowest BCUT2D eigenvalue weighted by Gasteiger charge is -2.07. The highest BCUT2D eigenvalue weighted by atomic mass is 16.5. The average Bonchev–Trinajstić information content (AvgIpc) is 2.38. The molecule has 0 aromatic carbocycles. The van der Waals surface area contributed by atoms with E-state index in [1.54, 1.807) is 13.0 Å². The summed E-state index contributed by atoms with van der Waals surface area (Å²) in [6.07, 6.45) is 0.482. The van der Waals surface area contributed by atoms with Crippen molar-refractivity contribution >= 4 is 17.8 Å². The number of nitrogens with zero attached hydrogens (tertiary/aromatic N) is 2. The number of carbonyl (C=O) groups is 2. The van der Waals surface area contributed by atoms with Crippen LogP contribution in [0, 0.1) is 5.92 Å². The molecule has 1 aromatic heterocycles. The first-order valence-corrected chi connectivity index (χ1v) is 5.43. The molecule has 1 rings (SSSR count). The Morgan fingerprint density at radius 1 is 1.44 bits per heavy atom. The zero-order chi connectivity index (χ0) is 13.5. The molecule has 1 unspecified atom stereocenters. The third-order valence-electron chi connectivity index (χ3n) is 2.36. The lowest BCUT2D eigenvalue weighted by Crippen LogP contribution is -2.15. The highest BCUT2D eigenvalue weighted by molar-refractivity contribution is 5.86. The Labute approximate surface area is 104 Å². The van der Waals surface area contributed by atoms with Crippen LogP contribution in [0.3, 0.4) is 0 Å². The van der Waals surface area contributed by atoms with Gasteiger partial charge < -0.3 is 15.2 Å². The molecule has 0 aliphatic carbocycles. The number of aliphatic carboxylic acids is 1. The number of hydrogen-bond acceptors (Lipinski definition) is 6. The summed E-state index contributed by atoms with van der Waals surface area (Å²) in [7, 11) is 1.27. The van der Waals surface area contributed by atoms with Crippen molar-refractivity contribution in [2.45, 2.75) is 13.3 Å². The number of carbonyl (C=O) groups excluding carboxylic acids is 1. The summed E-state index contributed by atoms with van der Waals surface area (Å²) in [5.74, 6) is -1.31. The van der Waals surface area contributed by atoms with Crippen LogP contribution in [0.2, 0.25) is 0 Å². The first kappa shape index (κ1) is 13.9. The number of carboxylic acids is 1. The van der Waals surface area contributed by atoms with Crippen LogP contribution in [0.25, 0.3) is 0 Å². The zero-order valence-corrected chi connectivity index (χ0v) is 10.2. The van der Waals surface area contributed by atoms with Crippen molar-refractivity contribution in [2.75, 3.05) is 19.0 Å². The Bertz CT molecular complexity index is 419. The molecule has 0 radical (unpaired) electrons. The molecule has 0 spiro atoms. The summed E-state index contributed by atoms with van der Waals surface area (Å²) >= 11 is 0. The van der Waals surface area contributed by atoms with Gasteiger partial charge in [0.15, 0.2) is 5.69 Å². The largest absolute Gasteiger partial charge is 0.481 e. The Kier molecular flexibility index (Phi) is 5.04. The van der Waals surface area contributed by atoms with Gasteiger partial charge in [0.25, 0.3) is 0 Å². The van der Waals surface area contributed by atoms with Gasteiger partial charge in [0.05, 0.1) is 13.0 Å². The van der Waals surface area contributed by atoms with Gasteiger partial charge >= 0.3 is 11.9 Å².